The Hall–Kier alpha value is -2.27. The Bertz CT molecular complexity index is 685. The fourth-order valence-corrected chi connectivity index (χ4v) is 1.87. The van der Waals surface area contributed by atoms with Crippen LogP contribution in [0.15, 0.2) is 42.5 Å². The third kappa shape index (κ3) is 3.19. The van der Waals surface area contributed by atoms with Crippen LogP contribution in [0, 0.1) is 12.7 Å². The smallest absolute Gasteiger partial charge is 0.255 e. The maximum atomic E-state index is 13.6. The minimum atomic E-state index is -0.477. The average Bonchev–Trinajstić information content (AvgIpc) is 2.43. The topological polar surface area (TPSA) is 55.1 Å². The van der Waals surface area contributed by atoms with E-state index in [4.69, 9.17) is 18.0 Å². The number of carbonyl (C=O) groups excluding carboxylic acids is 1. The van der Waals surface area contributed by atoms with Crippen LogP contribution in [0.25, 0.3) is 0 Å². The molecular weight excluding hydrogens is 275 g/mol. The van der Waals surface area contributed by atoms with Crippen molar-refractivity contribution in [3.05, 3.63) is 65.0 Å². The molecule has 0 radical (unpaired) electrons. The second-order valence-electron chi connectivity index (χ2n) is 4.38. The van der Waals surface area contributed by atoms with Crippen LogP contribution in [0.5, 0.6) is 0 Å². The van der Waals surface area contributed by atoms with E-state index in [1.807, 2.05) is 6.92 Å². The average molecular weight is 288 g/mol. The molecule has 20 heavy (non-hydrogen) atoms. The predicted octanol–water partition coefficient (Wildman–Crippen LogP) is 3.02. The highest BCUT2D eigenvalue weighted by Gasteiger charge is 2.10. The van der Waals surface area contributed by atoms with Crippen molar-refractivity contribution >= 4 is 28.8 Å². The van der Waals surface area contributed by atoms with Crippen molar-refractivity contribution in [3.63, 3.8) is 0 Å². The standard InChI is InChI=1S/C15H13FN2OS/c1-9-5-6-12(16)13(7-9)18-15(19)11-4-2-3-10(8-11)14(17)20/h2-8H,1H3,(H2,17,20)(H,18,19). The second-order valence-corrected chi connectivity index (χ2v) is 4.82. The number of nitrogens with one attached hydrogen (secondary N) is 1. The summed E-state index contributed by atoms with van der Waals surface area (Å²) in [5.74, 6) is -0.887. The van der Waals surface area contributed by atoms with Crippen LogP contribution in [0.3, 0.4) is 0 Å². The molecule has 0 aliphatic heterocycles. The van der Waals surface area contributed by atoms with Gasteiger partial charge in [-0.25, -0.2) is 4.39 Å². The molecule has 2 aromatic carbocycles. The summed E-state index contributed by atoms with van der Waals surface area (Å²) in [6, 6.07) is 11.1. The number of amides is 1. The molecule has 0 heterocycles. The fraction of sp³-hybridized carbons (Fsp3) is 0.0667. The summed E-state index contributed by atoms with van der Waals surface area (Å²) in [4.78, 5) is 12.3. The van der Waals surface area contributed by atoms with Crippen molar-refractivity contribution in [3.8, 4) is 0 Å². The highest BCUT2D eigenvalue weighted by atomic mass is 32.1. The molecule has 0 unspecified atom stereocenters. The monoisotopic (exact) mass is 288 g/mol. The maximum Gasteiger partial charge on any atom is 0.255 e. The summed E-state index contributed by atoms with van der Waals surface area (Å²) >= 11 is 4.86. The summed E-state index contributed by atoms with van der Waals surface area (Å²) in [5.41, 5.74) is 7.49. The molecule has 3 N–H and O–H groups in total. The van der Waals surface area contributed by atoms with Gasteiger partial charge < -0.3 is 11.1 Å². The Balaban J connectivity index is 2.26. The number of benzene rings is 2. The van der Waals surface area contributed by atoms with Gasteiger partial charge in [-0.1, -0.05) is 30.4 Å². The molecule has 0 saturated heterocycles. The van der Waals surface area contributed by atoms with Gasteiger partial charge >= 0.3 is 0 Å². The molecular formula is C15H13FN2OS. The molecule has 0 aromatic heterocycles. The van der Waals surface area contributed by atoms with Crippen LogP contribution < -0.4 is 11.1 Å². The first-order valence-corrected chi connectivity index (χ1v) is 6.35. The molecule has 0 atom stereocenters. The van der Waals surface area contributed by atoms with Gasteiger partial charge in [-0.2, -0.15) is 0 Å². The molecule has 3 nitrogen and oxygen atoms in total. The SMILES string of the molecule is Cc1ccc(F)c(NC(=O)c2cccc(C(N)=S)c2)c1. The van der Waals surface area contributed by atoms with E-state index in [1.54, 1.807) is 36.4 Å². The summed E-state index contributed by atoms with van der Waals surface area (Å²) in [5, 5.41) is 2.54. The van der Waals surface area contributed by atoms with Crippen molar-refractivity contribution in [1.82, 2.24) is 0 Å². The van der Waals surface area contributed by atoms with Crippen LogP contribution in [-0.2, 0) is 0 Å². The third-order valence-corrected chi connectivity index (χ3v) is 3.02. The van der Waals surface area contributed by atoms with Gasteiger partial charge in [0.05, 0.1) is 5.69 Å². The van der Waals surface area contributed by atoms with Crippen molar-refractivity contribution in [2.24, 2.45) is 5.73 Å². The number of hydrogen-bond acceptors (Lipinski definition) is 2. The lowest BCUT2D eigenvalue weighted by Gasteiger charge is -2.08. The maximum absolute atomic E-state index is 13.6. The lowest BCUT2D eigenvalue weighted by Crippen LogP contribution is -2.15. The fourth-order valence-electron chi connectivity index (χ4n) is 1.74. The Labute approximate surface area is 121 Å². The van der Waals surface area contributed by atoms with Crippen LogP contribution in [0.2, 0.25) is 0 Å². The van der Waals surface area contributed by atoms with Gasteiger partial charge in [-0.15, -0.1) is 0 Å². The predicted molar refractivity (Wildman–Crippen MR) is 81.4 cm³/mol. The van der Waals surface area contributed by atoms with Gasteiger partial charge in [0.25, 0.3) is 5.91 Å². The first-order chi connectivity index (χ1) is 9.47. The third-order valence-electron chi connectivity index (χ3n) is 2.78. The quantitative estimate of drug-likeness (QED) is 0.854. The van der Waals surface area contributed by atoms with Gasteiger partial charge in [0.1, 0.15) is 10.8 Å². The zero-order valence-corrected chi connectivity index (χ0v) is 11.6. The molecule has 1 amide bonds. The number of thiocarbonyl (C=S) groups is 1. The first kappa shape index (κ1) is 14.1. The molecule has 0 aliphatic carbocycles. The zero-order chi connectivity index (χ0) is 14.7. The Morgan fingerprint density at radius 2 is 1.90 bits per heavy atom. The van der Waals surface area contributed by atoms with Crippen LogP contribution in [0.1, 0.15) is 21.5 Å². The van der Waals surface area contributed by atoms with E-state index >= 15 is 0 Å². The summed E-state index contributed by atoms with van der Waals surface area (Å²) in [6.45, 7) is 1.82. The van der Waals surface area contributed by atoms with E-state index < -0.39 is 11.7 Å². The molecule has 0 saturated carbocycles. The number of aryl methyl sites for hydroxylation is 1. The highest BCUT2D eigenvalue weighted by Crippen LogP contribution is 2.17. The van der Waals surface area contributed by atoms with E-state index in [2.05, 4.69) is 5.32 Å². The molecule has 0 spiro atoms. The number of hydrogen-bond donors (Lipinski definition) is 2. The van der Waals surface area contributed by atoms with Crippen LogP contribution in [0.4, 0.5) is 10.1 Å². The minimum Gasteiger partial charge on any atom is -0.389 e. The van der Waals surface area contributed by atoms with Crippen molar-refractivity contribution in [2.45, 2.75) is 6.92 Å². The molecule has 5 heteroatoms. The molecule has 2 rings (SSSR count). The lowest BCUT2D eigenvalue weighted by molar-refractivity contribution is 0.102. The van der Waals surface area contributed by atoms with Crippen LogP contribution >= 0.6 is 12.2 Å². The zero-order valence-electron chi connectivity index (χ0n) is 10.8. The summed E-state index contributed by atoms with van der Waals surface area (Å²) in [6.07, 6.45) is 0. The van der Waals surface area contributed by atoms with E-state index in [0.29, 0.717) is 11.1 Å². The second kappa shape index (κ2) is 5.79. The highest BCUT2D eigenvalue weighted by molar-refractivity contribution is 7.80. The first-order valence-electron chi connectivity index (χ1n) is 5.95. The summed E-state index contributed by atoms with van der Waals surface area (Å²) in [7, 11) is 0. The van der Waals surface area contributed by atoms with Crippen molar-refractivity contribution in [1.29, 1.82) is 0 Å². The normalized spacial score (nSPS) is 10.1. The molecule has 102 valence electrons. The molecule has 0 fully saturated rings. The Morgan fingerprint density at radius 3 is 2.60 bits per heavy atom. The van der Waals surface area contributed by atoms with E-state index in [0.717, 1.165) is 5.56 Å². The van der Waals surface area contributed by atoms with Crippen LogP contribution in [-0.4, -0.2) is 10.9 Å². The van der Waals surface area contributed by atoms with E-state index in [1.165, 1.54) is 6.07 Å². The Kier molecular flexibility index (Phi) is 4.10. The number of halogens is 1. The van der Waals surface area contributed by atoms with Crippen molar-refractivity contribution < 1.29 is 9.18 Å². The van der Waals surface area contributed by atoms with E-state index in [9.17, 15) is 9.18 Å². The van der Waals surface area contributed by atoms with Gasteiger partial charge in [0.2, 0.25) is 0 Å². The molecule has 2 aromatic rings. The van der Waals surface area contributed by atoms with E-state index in [-0.39, 0.29) is 10.7 Å². The largest absolute Gasteiger partial charge is 0.389 e. The Morgan fingerprint density at radius 1 is 1.20 bits per heavy atom. The number of anilines is 1. The van der Waals surface area contributed by atoms with Gasteiger partial charge in [-0.3, -0.25) is 4.79 Å². The summed E-state index contributed by atoms with van der Waals surface area (Å²) < 4.78 is 13.6. The van der Waals surface area contributed by atoms with Gasteiger partial charge in [-0.05, 0) is 36.8 Å². The van der Waals surface area contributed by atoms with Gasteiger partial charge in [0, 0.05) is 11.1 Å². The minimum absolute atomic E-state index is 0.149. The number of nitrogens with two attached hydrogens (primary N) is 1. The molecule has 0 aliphatic rings. The molecule has 0 bridgehead atoms. The number of carbonyl (C=O) groups is 1. The number of rotatable bonds is 3. The van der Waals surface area contributed by atoms with Crippen molar-refractivity contribution in [2.75, 3.05) is 5.32 Å². The van der Waals surface area contributed by atoms with Gasteiger partial charge in [0.15, 0.2) is 0 Å². The lowest BCUT2D eigenvalue weighted by atomic mass is 10.1.